The van der Waals surface area contributed by atoms with E-state index in [1.165, 1.54) is 12.8 Å². The monoisotopic (exact) mass is 209 g/mol. The van der Waals surface area contributed by atoms with Crippen LogP contribution in [0.25, 0.3) is 0 Å². The zero-order chi connectivity index (χ0) is 10.7. The van der Waals surface area contributed by atoms with Gasteiger partial charge in [0.05, 0.1) is 18.4 Å². The summed E-state index contributed by atoms with van der Waals surface area (Å²) in [5, 5.41) is 0. The quantitative estimate of drug-likeness (QED) is 0.777. The Hall–Kier alpha value is -1.09. The fourth-order valence-electron chi connectivity index (χ4n) is 1.97. The molecule has 15 heavy (non-hydrogen) atoms. The van der Waals surface area contributed by atoms with E-state index in [1.807, 2.05) is 0 Å². The Morgan fingerprint density at radius 2 is 2.07 bits per heavy atom. The molecule has 0 saturated heterocycles. The highest BCUT2D eigenvalue weighted by Crippen LogP contribution is 2.23. The topological polar surface area (TPSA) is 35.2 Å². The van der Waals surface area contributed by atoms with Crippen LogP contribution in [0, 0.1) is 5.82 Å². The summed E-state index contributed by atoms with van der Waals surface area (Å²) in [6.07, 6.45) is 4.97. The number of rotatable bonds is 3. The molecule has 0 bridgehead atoms. The maximum atomic E-state index is 13.5. The molecule has 0 unspecified atom stereocenters. The van der Waals surface area contributed by atoms with Gasteiger partial charge in [-0.05, 0) is 18.9 Å². The number of anilines is 1. The zero-order valence-corrected chi connectivity index (χ0v) is 8.71. The van der Waals surface area contributed by atoms with Gasteiger partial charge in [-0.1, -0.05) is 25.0 Å². The van der Waals surface area contributed by atoms with Crippen molar-refractivity contribution in [1.82, 2.24) is 0 Å². The third kappa shape index (κ3) is 2.48. The second kappa shape index (κ2) is 4.62. The van der Waals surface area contributed by atoms with Crippen LogP contribution in [-0.2, 0) is 11.3 Å². The van der Waals surface area contributed by atoms with E-state index < -0.39 is 0 Å². The molecule has 2 nitrogen and oxygen atoms in total. The Bertz CT molecular complexity index is 334. The van der Waals surface area contributed by atoms with Gasteiger partial charge in [-0.15, -0.1) is 0 Å². The van der Waals surface area contributed by atoms with E-state index >= 15 is 0 Å². The molecule has 1 aromatic rings. The lowest BCUT2D eigenvalue weighted by Crippen LogP contribution is -2.08. The van der Waals surface area contributed by atoms with Gasteiger partial charge in [-0.25, -0.2) is 4.39 Å². The van der Waals surface area contributed by atoms with E-state index in [0.29, 0.717) is 18.3 Å². The lowest BCUT2D eigenvalue weighted by atomic mass is 10.2. The van der Waals surface area contributed by atoms with Crippen LogP contribution in [0.3, 0.4) is 0 Å². The van der Waals surface area contributed by atoms with E-state index in [9.17, 15) is 4.39 Å². The molecule has 1 aromatic carbocycles. The highest BCUT2D eigenvalue weighted by atomic mass is 19.1. The minimum absolute atomic E-state index is 0.197. The zero-order valence-electron chi connectivity index (χ0n) is 8.71. The normalized spacial score (nSPS) is 17.1. The van der Waals surface area contributed by atoms with Gasteiger partial charge in [0.2, 0.25) is 0 Å². The van der Waals surface area contributed by atoms with Crippen LogP contribution in [-0.4, -0.2) is 6.10 Å². The number of halogens is 1. The maximum absolute atomic E-state index is 13.5. The largest absolute Gasteiger partial charge is 0.396 e. The van der Waals surface area contributed by atoms with Crippen molar-refractivity contribution in [1.29, 1.82) is 0 Å². The minimum atomic E-state index is -0.338. The number of nitrogen functional groups attached to an aromatic ring is 1. The summed E-state index contributed by atoms with van der Waals surface area (Å²) in [6, 6.07) is 5.04. The lowest BCUT2D eigenvalue weighted by molar-refractivity contribution is 0.0442. The Balaban J connectivity index is 1.95. The summed E-state index contributed by atoms with van der Waals surface area (Å²) in [7, 11) is 0. The van der Waals surface area contributed by atoms with E-state index in [2.05, 4.69) is 0 Å². The molecule has 1 fully saturated rings. The number of hydrogen-bond donors (Lipinski definition) is 1. The third-order valence-electron chi connectivity index (χ3n) is 2.89. The predicted octanol–water partition coefficient (Wildman–Crippen LogP) is 2.87. The third-order valence-corrected chi connectivity index (χ3v) is 2.89. The van der Waals surface area contributed by atoms with Gasteiger partial charge >= 0.3 is 0 Å². The molecular weight excluding hydrogens is 193 g/mol. The molecule has 1 aliphatic carbocycles. The van der Waals surface area contributed by atoms with Crippen molar-refractivity contribution < 1.29 is 9.13 Å². The molecular formula is C12H16FNO. The first-order valence-corrected chi connectivity index (χ1v) is 5.42. The van der Waals surface area contributed by atoms with Crippen LogP contribution in [0.5, 0.6) is 0 Å². The Morgan fingerprint density at radius 3 is 2.80 bits per heavy atom. The molecule has 0 aromatic heterocycles. The smallest absolute Gasteiger partial charge is 0.151 e. The summed E-state index contributed by atoms with van der Waals surface area (Å²) < 4.78 is 19.1. The van der Waals surface area contributed by atoms with Gasteiger partial charge in [-0.3, -0.25) is 0 Å². The number of ether oxygens (including phenoxy) is 1. The van der Waals surface area contributed by atoms with Crippen molar-refractivity contribution in [3.63, 3.8) is 0 Å². The minimum Gasteiger partial charge on any atom is -0.396 e. The fraction of sp³-hybridized carbons (Fsp3) is 0.500. The molecule has 0 heterocycles. The molecule has 1 saturated carbocycles. The van der Waals surface area contributed by atoms with Crippen LogP contribution in [0.1, 0.15) is 31.2 Å². The van der Waals surface area contributed by atoms with Gasteiger partial charge in [0.1, 0.15) is 0 Å². The molecule has 0 spiro atoms. The Kier molecular flexibility index (Phi) is 3.21. The summed E-state index contributed by atoms with van der Waals surface area (Å²) >= 11 is 0. The standard InChI is InChI=1S/C12H16FNO/c13-12-9(4-3-7-11(12)14)8-15-10-5-1-2-6-10/h3-4,7,10H,1-2,5-6,8,14H2. The molecule has 0 amide bonds. The Labute approximate surface area is 89.2 Å². The molecule has 3 heteroatoms. The first kappa shape index (κ1) is 10.4. The van der Waals surface area contributed by atoms with Crippen LogP contribution in [0.2, 0.25) is 0 Å². The molecule has 0 atom stereocenters. The number of hydrogen-bond acceptors (Lipinski definition) is 2. The maximum Gasteiger partial charge on any atom is 0.151 e. The second-order valence-corrected chi connectivity index (χ2v) is 4.04. The van der Waals surface area contributed by atoms with Gasteiger partial charge in [-0.2, -0.15) is 0 Å². The number of nitrogens with two attached hydrogens (primary N) is 1. The first-order chi connectivity index (χ1) is 7.27. The van der Waals surface area contributed by atoms with E-state index in [4.69, 9.17) is 10.5 Å². The second-order valence-electron chi connectivity index (χ2n) is 4.04. The first-order valence-electron chi connectivity index (χ1n) is 5.42. The fourth-order valence-corrected chi connectivity index (χ4v) is 1.97. The van der Waals surface area contributed by atoms with E-state index in [1.54, 1.807) is 18.2 Å². The molecule has 82 valence electrons. The van der Waals surface area contributed by atoms with E-state index in [-0.39, 0.29) is 11.5 Å². The van der Waals surface area contributed by atoms with Gasteiger partial charge < -0.3 is 10.5 Å². The Morgan fingerprint density at radius 1 is 1.33 bits per heavy atom. The molecule has 1 aliphatic rings. The van der Waals surface area contributed by atoms with Gasteiger partial charge in [0.25, 0.3) is 0 Å². The van der Waals surface area contributed by atoms with Crippen LogP contribution in [0.15, 0.2) is 18.2 Å². The van der Waals surface area contributed by atoms with E-state index in [0.717, 1.165) is 12.8 Å². The highest BCUT2D eigenvalue weighted by molar-refractivity contribution is 5.42. The van der Waals surface area contributed by atoms with Crippen molar-refractivity contribution in [3.8, 4) is 0 Å². The molecule has 2 rings (SSSR count). The SMILES string of the molecule is Nc1cccc(COC2CCCC2)c1F. The average molecular weight is 209 g/mol. The van der Waals surface area contributed by atoms with Crippen molar-refractivity contribution in [2.75, 3.05) is 5.73 Å². The van der Waals surface area contributed by atoms with Gasteiger partial charge in [0, 0.05) is 5.56 Å². The van der Waals surface area contributed by atoms with Crippen LogP contribution in [0.4, 0.5) is 10.1 Å². The van der Waals surface area contributed by atoms with Crippen molar-refractivity contribution in [2.24, 2.45) is 0 Å². The number of benzene rings is 1. The summed E-state index contributed by atoms with van der Waals surface area (Å²) in [6.45, 7) is 0.335. The summed E-state index contributed by atoms with van der Waals surface area (Å²) in [4.78, 5) is 0. The molecule has 0 aliphatic heterocycles. The molecule has 2 N–H and O–H groups in total. The summed E-state index contributed by atoms with van der Waals surface area (Å²) in [5.41, 5.74) is 6.23. The summed E-state index contributed by atoms with van der Waals surface area (Å²) in [5.74, 6) is -0.338. The van der Waals surface area contributed by atoms with Crippen LogP contribution >= 0.6 is 0 Å². The van der Waals surface area contributed by atoms with Crippen molar-refractivity contribution >= 4 is 5.69 Å². The predicted molar refractivity (Wildman–Crippen MR) is 57.9 cm³/mol. The van der Waals surface area contributed by atoms with Crippen molar-refractivity contribution in [2.45, 2.75) is 38.4 Å². The average Bonchev–Trinajstić information content (AvgIpc) is 2.73. The molecule has 0 radical (unpaired) electrons. The van der Waals surface area contributed by atoms with Crippen LogP contribution < -0.4 is 5.73 Å². The lowest BCUT2D eigenvalue weighted by Gasteiger charge is -2.11. The van der Waals surface area contributed by atoms with Crippen molar-refractivity contribution in [3.05, 3.63) is 29.6 Å². The highest BCUT2D eigenvalue weighted by Gasteiger charge is 2.16. The van der Waals surface area contributed by atoms with Gasteiger partial charge in [0.15, 0.2) is 5.82 Å².